The Morgan fingerprint density at radius 2 is 1.73 bits per heavy atom. The minimum Gasteiger partial charge on any atom is -0.495 e. The maximum absolute atomic E-state index is 12.3. The van der Waals surface area contributed by atoms with Gasteiger partial charge in [-0.15, -0.1) is 11.8 Å². The fourth-order valence-electron chi connectivity index (χ4n) is 1.90. The van der Waals surface area contributed by atoms with Gasteiger partial charge in [0.2, 0.25) is 0 Å². The van der Waals surface area contributed by atoms with Gasteiger partial charge in [0.15, 0.2) is 0 Å². The van der Waals surface area contributed by atoms with E-state index in [1.807, 2.05) is 18.4 Å². The summed E-state index contributed by atoms with van der Waals surface area (Å²) in [6.45, 7) is 0. The van der Waals surface area contributed by atoms with Gasteiger partial charge in [0, 0.05) is 22.6 Å². The third-order valence-corrected chi connectivity index (χ3v) is 4.11. The smallest absolute Gasteiger partial charge is 0.255 e. The number of carbonyl (C=O) groups is 1. The molecule has 4 nitrogen and oxygen atoms in total. The number of halogens is 1. The highest BCUT2D eigenvalue weighted by Gasteiger charge is 2.13. The molecule has 0 spiro atoms. The topological polar surface area (TPSA) is 47.6 Å². The molecule has 0 aliphatic rings. The van der Waals surface area contributed by atoms with E-state index in [0.29, 0.717) is 27.8 Å². The molecule has 0 saturated carbocycles. The first-order valence-corrected chi connectivity index (χ1v) is 8.06. The van der Waals surface area contributed by atoms with Gasteiger partial charge in [0.05, 0.1) is 24.9 Å². The molecule has 0 unspecified atom stereocenters. The van der Waals surface area contributed by atoms with Crippen LogP contribution in [0.15, 0.2) is 41.3 Å². The number of rotatable bonds is 5. The van der Waals surface area contributed by atoms with Gasteiger partial charge in [-0.2, -0.15) is 0 Å². The van der Waals surface area contributed by atoms with Crippen molar-refractivity contribution in [1.82, 2.24) is 0 Å². The lowest BCUT2D eigenvalue weighted by Crippen LogP contribution is -2.12. The van der Waals surface area contributed by atoms with Gasteiger partial charge in [-0.25, -0.2) is 0 Å². The molecule has 0 fully saturated rings. The minimum atomic E-state index is -0.227. The van der Waals surface area contributed by atoms with Crippen LogP contribution in [-0.2, 0) is 0 Å². The largest absolute Gasteiger partial charge is 0.495 e. The van der Waals surface area contributed by atoms with Crippen LogP contribution < -0.4 is 14.8 Å². The predicted octanol–water partition coefficient (Wildman–Crippen LogP) is 4.33. The Bertz CT molecular complexity index is 674. The van der Waals surface area contributed by atoms with Gasteiger partial charge in [-0.1, -0.05) is 11.6 Å². The first kappa shape index (κ1) is 16.5. The lowest BCUT2D eigenvalue weighted by atomic mass is 10.2. The molecule has 2 aromatic carbocycles. The minimum absolute atomic E-state index is 0.227. The zero-order valence-electron chi connectivity index (χ0n) is 12.5. The van der Waals surface area contributed by atoms with Crippen LogP contribution in [0.4, 0.5) is 5.69 Å². The van der Waals surface area contributed by atoms with Gasteiger partial charge in [0.1, 0.15) is 11.5 Å². The number of hydrogen-bond acceptors (Lipinski definition) is 4. The molecule has 2 rings (SSSR count). The Hall–Kier alpha value is -1.85. The fraction of sp³-hybridized carbons (Fsp3) is 0.188. The monoisotopic (exact) mass is 337 g/mol. The number of methoxy groups -OCH3 is 2. The summed E-state index contributed by atoms with van der Waals surface area (Å²) in [5, 5.41) is 3.23. The fourth-order valence-corrected chi connectivity index (χ4v) is 2.53. The molecule has 0 saturated heterocycles. The quantitative estimate of drug-likeness (QED) is 0.825. The van der Waals surface area contributed by atoms with E-state index < -0.39 is 0 Å². The third-order valence-electron chi connectivity index (χ3n) is 3.07. The summed E-state index contributed by atoms with van der Waals surface area (Å²) >= 11 is 7.67. The number of thioether (sulfide) groups is 1. The van der Waals surface area contributed by atoms with Crippen molar-refractivity contribution < 1.29 is 14.3 Å². The predicted molar refractivity (Wildman–Crippen MR) is 90.7 cm³/mol. The number of benzene rings is 2. The molecule has 22 heavy (non-hydrogen) atoms. The second kappa shape index (κ2) is 7.42. The van der Waals surface area contributed by atoms with Crippen LogP contribution in [0.1, 0.15) is 10.4 Å². The van der Waals surface area contributed by atoms with E-state index in [9.17, 15) is 4.79 Å². The standard InChI is InChI=1S/C16H16ClNO3S/c1-20-14-9-13(15(21-2)8-12(14)17)18-16(19)10-4-6-11(22-3)7-5-10/h4-9H,1-3H3,(H,18,19). The van der Waals surface area contributed by atoms with Crippen molar-refractivity contribution in [2.24, 2.45) is 0 Å². The SMILES string of the molecule is COc1cc(NC(=O)c2ccc(SC)cc2)c(OC)cc1Cl. The van der Waals surface area contributed by atoms with Crippen molar-refractivity contribution in [2.45, 2.75) is 4.90 Å². The van der Waals surface area contributed by atoms with Crippen molar-refractivity contribution in [3.8, 4) is 11.5 Å². The van der Waals surface area contributed by atoms with Crippen molar-refractivity contribution in [3.63, 3.8) is 0 Å². The zero-order valence-corrected chi connectivity index (χ0v) is 14.0. The van der Waals surface area contributed by atoms with Crippen LogP contribution in [0, 0.1) is 0 Å². The Kier molecular flexibility index (Phi) is 5.57. The molecule has 0 aliphatic heterocycles. The van der Waals surface area contributed by atoms with Crippen LogP contribution >= 0.6 is 23.4 Å². The number of amides is 1. The third kappa shape index (κ3) is 3.67. The summed E-state index contributed by atoms with van der Waals surface area (Å²) in [4.78, 5) is 13.4. The normalized spacial score (nSPS) is 10.2. The molecule has 0 bridgehead atoms. The molecule has 1 amide bonds. The maximum atomic E-state index is 12.3. The molecule has 0 aromatic heterocycles. The highest BCUT2D eigenvalue weighted by atomic mass is 35.5. The first-order valence-electron chi connectivity index (χ1n) is 6.46. The molecule has 116 valence electrons. The van der Waals surface area contributed by atoms with Gasteiger partial charge in [0.25, 0.3) is 5.91 Å². The summed E-state index contributed by atoms with van der Waals surface area (Å²) in [5.41, 5.74) is 1.07. The number of carbonyl (C=O) groups excluding carboxylic acids is 1. The van der Waals surface area contributed by atoms with Gasteiger partial charge in [-0.3, -0.25) is 4.79 Å². The maximum Gasteiger partial charge on any atom is 0.255 e. The lowest BCUT2D eigenvalue weighted by Gasteiger charge is -2.13. The van der Waals surface area contributed by atoms with E-state index in [-0.39, 0.29) is 5.91 Å². The zero-order chi connectivity index (χ0) is 16.1. The van der Waals surface area contributed by atoms with E-state index in [0.717, 1.165) is 4.90 Å². The molecule has 0 atom stereocenters. The van der Waals surface area contributed by atoms with Gasteiger partial charge in [-0.05, 0) is 30.5 Å². The average molecular weight is 338 g/mol. The van der Waals surface area contributed by atoms with Crippen molar-refractivity contribution in [3.05, 3.63) is 47.0 Å². The summed E-state index contributed by atoms with van der Waals surface area (Å²) < 4.78 is 10.4. The second-order valence-corrected chi connectivity index (χ2v) is 5.66. The highest BCUT2D eigenvalue weighted by molar-refractivity contribution is 7.98. The molecule has 1 N–H and O–H groups in total. The Balaban J connectivity index is 2.26. The summed E-state index contributed by atoms with van der Waals surface area (Å²) in [7, 11) is 3.03. The van der Waals surface area contributed by atoms with E-state index in [1.165, 1.54) is 14.2 Å². The van der Waals surface area contributed by atoms with Gasteiger partial charge < -0.3 is 14.8 Å². The van der Waals surface area contributed by atoms with E-state index in [2.05, 4.69) is 5.32 Å². The Morgan fingerprint density at radius 3 is 2.27 bits per heavy atom. The van der Waals surface area contributed by atoms with Crippen molar-refractivity contribution in [2.75, 3.05) is 25.8 Å². The van der Waals surface area contributed by atoms with Crippen molar-refractivity contribution in [1.29, 1.82) is 0 Å². The number of anilines is 1. The second-order valence-electron chi connectivity index (χ2n) is 4.37. The van der Waals surface area contributed by atoms with Crippen molar-refractivity contribution >= 4 is 35.0 Å². The number of hydrogen-bond donors (Lipinski definition) is 1. The Morgan fingerprint density at radius 1 is 1.09 bits per heavy atom. The van der Waals surface area contributed by atoms with Crippen LogP contribution in [-0.4, -0.2) is 26.4 Å². The molecule has 0 aliphatic carbocycles. The van der Waals surface area contributed by atoms with Crippen LogP contribution in [0.5, 0.6) is 11.5 Å². The van der Waals surface area contributed by atoms with Gasteiger partial charge >= 0.3 is 0 Å². The molecular weight excluding hydrogens is 322 g/mol. The molecule has 2 aromatic rings. The number of ether oxygens (including phenoxy) is 2. The molecule has 6 heteroatoms. The molecular formula is C16H16ClNO3S. The molecule has 0 radical (unpaired) electrons. The van der Waals surface area contributed by atoms with Crippen LogP contribution in [0.25, 0.3) is 0 Å². The molecule has 0 heterocycles. The summed E-state index contributed by atoms with van der Waals surface area (Å²) in [6.07, 6.45) is 1.99. The number of nitrogens with one attached hydrogen (secondary N) is 1. The summed E-state index contributed by atoms with van der Waals surface area (Å²) in [6, 6.07) is 10.6. The summed E-state index contributed by atoms with van der Waals surface area (Å²) in [5.74, 6) is 0.714. The van der Waals surface area contributed by atoms with E-state index >= 15 is 0 Å². The van der Waals surface area contributed by atoms with Crippen LogP contribution in [0.3, 0.4) is 0 Å². The van der Waals surface area contributed by atoms with E-state index in [4.69, 9.17) is 21.1 Å². The highest BCUT2D eigenvalue weighted by Crippen LogP contribution is 2.36. The first-order chi connectivity index (χ1) is 10.6. The van der Waals surface area contributed by atoms with Crippen LogP contribution in [0.2, 0.25) is 5.02 Å². The Labute approximate surface area is 138 Å². The average Bonchev–Trinajstić information content (AvgIpc) is 2.55. The van der Waals surface area contributed by atoms with E-state index in [1.54, 1.807) is 36.0 Å². The lowest BCUT2D eigenvalue weighted by molar-refractivity contribution is 0.102.